The normalized spacial score (nSPS) is 27.9. The Morgan fingerprint density at radius 1 is 1.39 bits per heavy atom. The molecule has 1 saturated carbocycles. The Bertz CT molecular complexity index is 504. The van der Waals surface area contributed by atoms with Crippen molar-refractivity contribution in [2.75, 3.05) is 0 Å². The molecule has 1 aromatic rings. The van der Waals surface area contributed by atoms with E-state index in [9.17, 15) is 9.18 Å². The summed E-state index contributed by atoms with van der Waals surface area (Å²) in [6, 6.07) is 4.88. The van der Waals surface area contributed by atoms with Crippen LogP contribution in [-0.2, 0) is 4.79 Å². The van der Waals surface area contributed by atoms with Crippen molar-refractivity contribution < 1.29 is 9.18 Å². The van der Waals surface area contributed by atoms with Crippen molar-refractivity contribution in [1.82, 2.24) is 4.90 Å². The smallest absolute Gasteiger partial charge is 0.225 e. The van der Waals surface area contributed by atoms with Crippen LogP contribution in [0.15, 0.2) is 22.7 Å². The lowest BCUT2D eigenvalue weighted by Gasteiger charge is -2.27. The fourth-order valence-electron chi connectivity index (χ4n) is 2.67. The summed E-state index contributed by atoms with van der Waals surface area (Å²) in [6.45, 7) is 0. The number of nitrogens with two attached hydrogens (primary N) is 1. The van der Waals surface area contributed by atoms with Crippen molar-refractivity contribution in [2.45, 2.75) is 37.4 Å². The molecule has 0 spiro atoms. The Balaban J connectivity index is 1.97. The molecule has 96 valence electrons. The molecule has 18 heavy (non-hydrogen) atoms. The number of hydrogen-bond acceptors (Lipinski definition) is 2. The van der Waals surface area contributed by atoms with Gasteiger partial charge >= 0.3 is 0 Å². The molecule has 1 aliphatic carbocycles. The Labute approximate surface area is 113 Å². The molecule has 3 rings (SSSR count). The second kappa shape index (κ2) is 4.31. The largest absolute Gasteiger partial charge is 0.331 e. The van der Waals surface area contributed by atoms with Crippen molar-refractivity contribution >= 4 is 21.8 Å². The molecule has 3 nitrogen and oxygen atoms in total. The predicted octanol–water partition coefficient (Wildman–Crippen LogP) is 2.35. The molecule has 2 aliphatic rings. The van der Waals surface area contributed by atoms with Gasteiger partial charge in [0.25, 0.3) is 0 Å². The van der Waals surface area contributed by atoms with E-state index in [4.69, 9.17) is 5.73 Å². The number of amides is 1. The Morgan fingerprint density at radius 3 is 2.72 bits per heavy atom. The molecule has 1 aliphatic heterocycles. The third kappa shape index (κ3) is 1.95. The molecule has 0 radical (unpaired) electrons. The fourth-order valence-corrected chi connectivity index (χ4v) is 2.91. The molecule has 0 bridgehead atoms. The van der Waals surface area contributed by atoms with Gasteiger partial charge in [0.1, 0.15) is 5.82 Å². The first-order valence-electron chi connectivity index (χ1n) is 6.09. The Hall–Kier alpha value is -0.940. The molecule has 2 fully saturated rings. The van der Waals surface area contributed by atoms with Gasteiger partial charge in [-0.15, -0.1) is 0 Å². The van der Waals surface area contributed by atoms with Gasteiger partial charge < -0.3 is 10.6 Å². The first kappa shape index (κ1) is 12.1. The highest BCUT2D eigenvalue weighted by Gasteiger charge is 2.45. The lowest BCUT2D eigenvalue weighted by atomic mass is 10.0. The van der Waals surface area contributed by atoms with Crippen molar-refractivity contribution in [1.29, 1.82) is 0 Å². The van der Waals surface area contributed by atoms with Crippen LogP contribution >= 0.6 is 15.9 Å². The summed E-state index contributed by atoms with van der Waals surface area (Å²) in [4.78, 5) is 13.8. The topological polar surface area (TPSA) is 46.3 Å². The second-order valence-corrected chi connectivity index (χ2v) is 5.87. The van der Waals surface area contributed by atoms with Gasteiger partial charge in [0.05, 0.1) is 10.5 Å². The molecular weight excluding hydrogens is 299 g/mol. The number of likely N-dealkylation sites (tertiary alicyclic amines) is 1. The van der Waals surface area contributed by atoms with Crippen molar-refractivity contribution in [3.8, 4) is 0 Å². The summed E-state index contributed by atoms with van der Waals surface area (Å²) in [6.07, 6.45) is 2.43. The van der Waals surface area contributed by atoms with E-state index in [-0.39, 0.29) is 23.8 Å². The van der Waals surface area contributed by atoms with Crippen LogP contribution < -0.4 is 5.73 Å². The van der Waals surface area contributed by atoms with Crippen LogP contribution in [0, 0.1) is 5.82 Å². The van der Waals surface area contributed by atoms with Gasteiger partial charge in [0.2, 0.25) is 5.91 Å². The molecular formula is C13H14BrFN2O. The lowest BCUT2D eigenvalue weighted by molar-refractivity contribution is -0.129. The zero-order valence-electron chi connectivity index (χ0n) is 9.77. The Morgan fingerprint density at radius 2 is 2.11 bits per heavy atom. The zero-order valence-corrected chi connectivity index (χ0v) is 11.4. The quantitative estimate of drug-likeness (QED) is 0.911. The van der Waals surface area contributed by atoms with Crippen LogP contribution in [0.4, 0.5) is 4.39 Å². The summed E-state index contributed by atoms with van der Waals surface area (Å²) in [5.74, 6) is -0.215. The standard InChI is InChI=1S/C13H14BrFN2O/c14-9-4-1-7(5-10(9)15)13-11(16)6-12(18)17(13)8-2-3-8/h1,4-5,8,11,13H,2-3,6,16H2. The van der Waals surface area contributed by atoms with Crippen molar-refractivity contribution in [3.05, 3.63) is 34.1 Å². The van der Waals surface area contributed by atoms with Gasteiger partial charge in [-0.05, 0) is 46.5 Å². The van der Waals surface area contributed by atoms with Gasteiger partial charge in [-0.1, -0.05) is 6.07 Å². The van der Waals surface area contributed by atoms with E-state index < -0.39 is 0 Å². The highest BCUT2D eigenvalue weighted by molar-refractivity contribution is 9.10. The Kier molecular flexibility index (Phi) is 2.90. The molecule has 1 heterocycles. The number of halogens is 2. The summed E-state index contributed by atoms with van der Waals surface area (Å²) < 4.78 is 14.0. The SMILES string of the molecule is NC1CC(=O)N(C2CC2)C1c1ccc(Br)c(F)c1. The minimum atomic E-state index is -0.310. The molecule has 2 atom stereocenters. The number of carbonyl (C=O) groups excluding carboxylic acids is 1. The summed E-state index contributed by atoms with van der Waals surface area (Å²) in [5.41, 5.74) is 6.84. The van der Waals surface area contributed by atoms with Crippen LogP contribution in [0.2, 0.25) is 0 Å². The molecule has 5 heteroatoms. The monoisotopic (exact) mass is 312 g/mol. The van der Waals surface area contributed by atoms with E-state index in [2.05, 4.69) is 15.9 Å². The van der Waals surface area contributed by atoms with Gasteiger partial charge in [-0.3, -0.25) is 4.79 Å². The van der Waals surface area contributed by atoms with Crippen molar-refractivity contribution in [3.63, 3.8) is 0 Å². The van der Waals surface area contributed by atoms with E-state index in [1.165, 1.54) is 6.07 Å². The molecule has 1 amide bonds. The van der Waals surface area contributed by atoms with E-state index >= 15 is 0 Å². The number of benzene rings is 1. The van der Waals surface area contributed by atoms with Crippen LogP contribution in [-0.4, -0.2) is 22.9 Å². The highest BCUT2D eigenvalue weighted by atomic mass is 79.9. The number of rotatable bonds is 2. The third-order valence-corrected chi connectivity index (χ3v) is 4.27. The van der Waals surface area contributed by atoms with Crippen molar-refractivity contribution in [2.24, 2.45) is 5.73 Å². The van der Waals surface area contributed by atoms with Gasteiger partial charge in [0.15, 0.2) is 0 Å². The molecule has 2 N–H and O–H groups in total. The van der Waals surface area contributed by atoms with E-state index in [1.807, 2.05) is 11.0 Å². The fraction of sp³-hybridized carbons (Fsp3) is 0.462. The maximum absolute atomic E-state index is 13.6. The third-order valence-electron chi connectivity index (χ3n) is 3.63. The number of carbonyl (C=O) groups is 1. The molecule has 1 saturated heterocycles. The first-order chi connectivity index (χ1) is 8.58. The average molecular weight is 313 g/mol. The summed E-state index contributed by atoms with van der Waals surface area (Å²) >= 11 is 3.13. The average Bonchev–Trinajstić information content (AvgIpc) is 3.09. The van der Waals surface area contributed by atoms with Crippen LogP contribution in [0.1, 0.15) is 30.9 Å². The maximum Gasteiger partial charge on any atom is 0.225 e. The lowest BCUT2D eigenvalue weighted by Crippen LogP contribution is -2.34. The van der Waals surface area contributed by atoms with Crippen LogP contribution in [0.5, 0.6) is 0 Å². The number of nitrogens with zero attached hydrogens (tertiary/aromatic N) is 1. The van der Waals surface area contributed by atoms with Gasteiger partial charge in [0, 0.05) is 18.5 Å². The minimum Gasteiger partial charge on any atom is -0.331 e. The first-order valence-corrected chi connectivity index (χ1v) is 6.89. The summed E-state index contributed by atoms with van der Waals surface area (Å²) in [7, 11) is 0. The second-order valence-electron chi connectivity index (χ2n) is 5.02. The number of hydrogen-bond donors (Lipinski definition) is 1. The van der Waals surface area contributed by atoms with Gasteiger partial charge in [-0.2, -0.15) is 0 Å². The predicted molar refractivity (Wildman–Crippen MR) is 69.3 cm³/mol. The zero-order chi connectivity index (χ0) is 12.9. The van der Waals surface area contributed by atoms with E-state index in [0.717, 1.165) is 18.4 Å². The van der Waals surface area contributed by atoms with E-state index in [1.54, 1.807) is 6.07 Å². The van der Waals surface area contributed by atoms with Crippen LogP contribution in [0.25, 0.3) is 0 Å². The molecule has 0 aromatic heterocycles. The molecule has 2 unspecified atom stereocenters. The summed E-state index contributed by atoms with van der Waals surface area (Å²) in [5, 5.41) is 0. The highest BCUT2D eigenvalue weighted by Crippen LogP contribution is 2.41. The minimum absolute atomic E-state index is 0.0957. The van der Waals surface area contributed by atoms with E-state index in [0.29, 0.717) is 16.9 Å². The maximum atomic E-state index is 13.6. The van der Waals surface area contributed by atoms with Crippen LogP contribution in [0.3, 0.4) is 0 Å². The molecule has 1 aromatic carbocycles. The van der Waals surface area contributed by atoms with Gasteiger partial charge in [-0.25, -0.2) is 4.39 Å².